The van der Waals surface area contributed by atoms with Crippen molar-refractivity contribution >= 4 is 5.91 Å². The summed E-state index contributed by atoms with van der Waals surface area (Å²) >= 11 is 0. The summed E-state index contributed by atoms with van der Waals surface area (Å²) in [6.45, 7) is 4.44. The number of carbonyl (C=O) groups excluding carboxylic acids is 1. The molecule has 1 rings (SSSR count). The highest BCUT2D eigenvalue weighted by molar-refractivity contribution is 5.81. The van der Waals surface area contributed by atoms with Gasteiger partial charge < -0.3 is 4.90 Å². The van der Waals surface area contributed by atoms with E-state index in [1.54, 1.807) is 4.90 Å². The zero-order valence-electron chi connectivity index (χ0n) is 8.50. The van der Waals surface area contributed by atoms with Gasteiger partial charge in [0.15, 0.2) is 0 Å². The molecule has 0 aromatic rings. The Kier molecular flexibility index (Phi) is 2.76. The second-order valence-corrected chi connectivity index (χ2v) is 4.46. The van der Waals surface area contributed by atoms with Crippen LogP contribution in [0.4, 0.5) is 0 Å². The molecule has 0 spiro atoms. The van der Waals surface area contributed by atoms with E-state index >= 15 is 0 Å². The smallest absolute Gasteiger partial charge is 0.225 e. The molecular weight excluding hydrogens is 150 g/mol. The highest BCUT2D eigenvalue weighted by Gasteiger charge is 2.43. The molecule has 0 aromatic carbocycles. The third kappa shape index (κ3) is 2.23. The van der Waals surface area contributed by atoms with Gasteiger partial charge in [-0.15, -0.1) is 0 Å². The minimum Gasteiger partial charge on any atom is -0.349 e. The molecule has 0 saturated heterocycles. The molecule has 0 radical (unpaired) electrons. The summed E-state index contributed by atoms with van der Waals surface area (Å²) in [6, 6.07) is 0. The summed E-state index contributed by atoms with van der Waals surface area (Å²) < 4.78 is 0. The quantitative estimate of drug-likeness (QED) is 0.630. The first-order valence-corrected chi connectivity index (χ1v) is 4.73. The van der Waals surface area contributed by atoms with Crippen LogP contribution in [-0.4, -0.2) is 24.9 Å². The van der Waals surface area contributed by atoms with Crippen LogP contribution in [0, 0.1) is 17.8 Å². The Morgan fingerprint density at radius 1 is 1.50 bits per heavy atom. The van der Waals surface area contributed by atoms with Crippen LogP contribution in [0.5, 0.6) is 0 Å². The predicted octanol–water partition coefficient (Wildman–Crippen LogP) is 1.76. The molecule has 0 aromatic heterocycles. The largest absolute Gasteiger partial charge is 0.349 e. The molecule has 0 N–H and O–H groups in total. The van der Waals surface area contributed by atoms with Crippen molar-refractivity contribution in [3.05, 3.63) is 0 Å². The lowest BCUT2D eigenvalue weighted by Crippen LogP contribution is -2.24. The van der Waals surface area contributed by atoms with Crippen LogP contribution < -0.4 is 0 Å². The maximum Gasteiger partial charge on any atom is 0.225 e. The standard InChI is InChI=1S/C10H19NO/c1-7(2)5-8-6-9(8)10(12)11(3)4/h7-9H,5-6H2,1-4H3. The second kappa shape index (κ2) is 3.46. The molecule has 0 heterocycles. The maximum absolute atomic E-state index is 11.4. The summed E-state index contributed by atoms with van der Waals surface area (Å²) in [5.74, 6) is 2.08. The minimum absolute atomic E-state index is 0.320. The Balaban J connectivity index is 2.28. The van der Waals surface area contributed by atoms with E-state index < -0.39 is 0 Å². The third-order valence-electron chi connectivity index (χ3n) is 2.45. The molecule has 12 heavy (non-hydrogen) atoms. The van der Waals surface area contributed by atoms with Gasteiger partial charge in [0.2, 0.25) is 5.91 Å². The lowest BCUT2D eigenvalue weighted by Gasteiger charge is -2.09. The number of hydrogen-bond acceptors (Lipinski definition) is 1. The summed E-state index contributed by atoms with van der Waals surface area (Å²) in [5, 5.41) is 0. The van der Waals surface area contributed by atoms with Gasteiger partial charge in [0.25, 0.3) is 0 Å². The van der Waals surface area contributed by atoms with Crippen molar-refractivity contribution in [2.45, 2.75) is 26.7 Å². The summed E-state index contributed by atoms with van der Waals surface area (Å²) in [4.78, 5) is 13.1. The lowest BCUT2D eigenvalue weighted by atomic mass is 10.1. The van der Waals surface area contributed by atoms with E-state index in [0.29, 0.717) is 17.7 Å². The topological polar surface area (TPSA) is 20.3 Å². The van der Waals surface area contributed by atoms with Crippen molar-refractivity contribution in [3.63, 3.8) is 0 Å². The molecule has 70 valence electrons. The van der Waals surface area contributed by atoms with Gasteiger partial charge in [0.05, 0.1) is 0 Å². The Labute approximate surface area is 74.9 Å². The zero-order chi connectivity index (χ0) is 9.30. The van der Waals surface area contributed by atoms with Crippen LogP contribution in [0.1, 0.15) is 26.7 Å². The summed E-state index contributed by atoms with van der Waals surface area (Å²) in [6.07, 6.45) is 2.33. The molecule has 2 heteroatoms. The highest BCUT2D eigenvalue weighted by atomic mass is 16.2. The normalized spacial score (nSPS) is 27.4. The van der Waals surface area contributed by atoms with Crippen LogP contribution in [-0.2, 0) is 4.79 Å². The van der Waals surface area contributed by atoms with E-state index in [1.165, 1.54) is 6.42 Å². The molecule has 1 fully saturated rings. The van der Waals surface area contributed by atoms with E-state index in [2.05, 4.69) is 13.8 Å². The van der Waals surface area contributed by atoms with Crippen molar-refractivity contribution < 1.29 is 4.79 Å². The van der Waals surface area contributed by atoms with Gasteiger partial charge >= 0.3 is 0 Å². The van der Waals surface area contributed by atoms with E-state index in [0.717, 1.165) is 12.3 Å². The second-order valence-electron chi connectivity index (χ2n) is 4.46. The Hall–Kier alpha value is -0.530. The molecule has 2 unspecified atom stereocenters. The molecule has 0 aliphatic heterocycles. The number of amides is 1. The average Bonchev–Trinajstić information content (AvgIpc) is 2.64. The molecule has 1 aliphatic rings. The highest BCUT2D eigenvalue weighted by Crippen LogP contribution is 2.43. The number of carbonyl (C=O) groups is 1. The van der Waals surface area contributed by atoms with Crippen molar-refractivity contribution in [2.75, 3.05) is 14.1 Å². The lowest BCUT2D eigenvalue weighted by molar-refractivity contribution is -0.130. The molecule has 0 bridgehead atoms. The van der Waals surface area contributed by atoms with Gasteiger partial charge in [0, 0.05) is 20.0 Å². The van der Waals surface area contributed by atoms with Crippen molar-refractivity contribution in [1.29, 1.82) is 0 Å². The van der Waals surface area contributed by atoms with Crippen LogP contribution in [0.3, 0.4) is 0 Å². The molecule has 1 amide bonds. The SMILES string of the molecule is CC(C)CC1CC1C(=O)N(C)C. The zero-order valence-corrected chi connectivity index (χ0v) is 8.50. The number of nitrogens with zero attached hydrogens (tertiary/aromatic N) is 1. The van der Waals surface area contributed by atoms with Crippen molar-refractivity contribution in [1.82, 2.24) is 4.90 Å². The van der Waals surface area contributed by atoms with Gasteiger partial charge in [-0.3, -0.25) is 4.79 Å². The molecule has 2 atom stereocenters. The Morgan fingerprint density at radius 2 is 2.08 bits per heavy atom. The van der Waals surface area contributed by atoms with E-state index in [-0.39, 0.29) is 0 Å². The maximum atomic E-state index is 11.4. The van der Waals surface area contributed by atoms with Gasteiger partial charge in [-0.05, 0) is 24.7 Å². The summed E-state index contributed by atoms with van der Waals surface area (Å²) in [7, 11) is 3.68. The van der Waals surface area contributed by atoms with Crippen LogP contribution in [0.2, 0.25) is 0 Å². The van der Waals surface area contributed by atoms with Crippen molar-refractivity contribution in [2.24, 2.45) is 17.8 Å². The first kappa shape index (κ1) is 9.56. The first-order valence-electron chi connectivity index (χ1n) is 4.73. The molecule has 2 nitrogen and oxygen atoms in total. The molecule has 1 aliphatic carbocycles. The Morgan fingerprint density at radius 3 is 2.50 bits per heavy atom. The monoisotopic (exact) mass is 169 g/mol. The Bertz CT molecular complexity index is 175. The molecule has 1 saturated carbocycles. The van der Waals surface area contributed by atoms with Crippen LogP contribution in [0.15, 0.2) is 0 Å². The minimum atomic E-state index is 0.320. The van der Waals surface area contributed by atoms with Gasteiger partial charge in [-0.25, -0.2) is 0 Å². The fourth-order valence-corrected chi connectivity index (χ4v) is 1.75. The van der Waals surface area contributed by atoms with Crippen molar-refractivity contribution in [3.8, 4) is 0 Å². The number of hydrogen-bond donors (Lipinski definition) is 0. The average molecular weight is 169 g/mol. The predicted molar refractivity (Wildman–Crippen MR) is 49.7 cm³/mol. The van der Waals surface area contributed by atoms with Crippen LogP contribution in [0.25, 0.3) is 0 Å². The van der Waals surface area contributed by atoms with E-state index in [1.807, 2.05) is 14.1 Å². The molecular formula is C10H19NO. The van der Waals surface area contributed by atoms with E-state index in [4.69, 9.17) is 0 Å². The third-order valence-corrected chi connectivity index (χ3v) is 2.45. The fraction of sp³-hybridized carbons (Fsp3) is 0.900. The summed E-state index contributed by atoms with van der Waals surface area (Å²) in [5.41, 5.74) is 0. The van der Waals surface area contributed by atoms with E-state index in [9.17, 15) is 4.79 Å². The first-order chi connectivity index (χ1) is 5.52. The van der Waals surface area contributed by atoms with Gasteiger partial charge in [-0.1, -0.05) is 13.8 Å². The van der Waals surface area contributed by atoms with Crippen LogP contribution >= 0.6 is 0 Å². The number of rotatable bonds is 3. The van der Waals surface area contributed by atoms with Gasteiger partial charge in [0.1, 0.15) is 0 Å². The fourth-order valence-electron chi connectivity index (χ4n) is 1.75. The van der Waals surface area contributed by atoms with Gasteiger partial charge in [-0.2, -0.15) is 0 Å².